The molecule has 35 heavy (non-hydrogen) atoms. The highest BCUT2D eigenvalue weighted by Crippen LogP contribution is 2.41. The van der Waals surface area contributed by atoms with Gasteiger partial charge in [0, 0.05) is 43.3 Å². The molecule has 0 aliphatic heterocycles. The molecule has 0 saturated heterocycles. The summed E-state index contributed by atoms with van der Waals surface area (Å²) in [6.45, 7) is 3.94. The lowest BCUT2D eigenvalue weighted by Crippen LogP contribution is -2.43. The molecule has 3 aromatic rings. The maximum atomic E-state index is 14.0. The summed E-state index contributed by atoms with van der Waals surface area (Å²) >= 11 is 0. The minimum Gasteiger partial charge on any atom is -0.347 e. The van der Waals surface area contributed by atoms with Crippen molar-refractivity contribution in [1.82, 2.24) is 13.6 Å². The Morgan fingerprint density at radius 2 is 1.63 bits per heavy atom. The van der Waals surface area contributed by atoms with Crippen LogP contribution in [0.3, 0.4) is 0 Å². The third kappa shape index (κ3) is 5.81. The number of benzene rings is 2. The van der Waals surface area contributed by atoms with Crippen molar-refractivity contribution in [3.05, 3.63) is 59.8 Å². The van der Waals surface area contributed by atoms with Gasteiger partial charge in [-0.15, -0.1) is 0 Å². The van der Waals surface area contributed by atoms with Gasteiger partial charge in [-0.05, 0) is 29.2 Å². The van der Waals surface area contributed by atoms with Crippen molar-refractivity contribution >= 4 is 21.1 Å². The Morgan fingerprint density at radius 1 is 1.00 bits per heavy atom. The zero-order valence-corrected chi connectivity index (χ0v) is 20.2. The number of hydrogen-bond donors (Lipinski definition) is 1. The topological polar surface area (TPSA) is 54.3 Å². The van der Waals surface area contributed by atoms with Crippen LogP contribution >= 0.6 is 0 Å². The van der Waals surface area contributed by atoms with Crippen LogP contribution in [-0.4, -0.2) is 37.6 Å². The van der Waals surface area contributed by atoms with Crippen molar-refractivity contribution in [2.24, 2.45) is 5.92 Å². The summed E-state index contributed by atoms with van der Waals surface area (Å²) < 4.78 is 111. The van der Waals surface area contributed by atoms with Gasteiger partial charge >= 0.3 is 12.4 Å². The summed E-state index contributed by atoms with van der Waals surface area (Å²) in [7, 11) is -2.26. The van der Waals surface area contributed by atoms with Gasteiger partial charge in [0.2, 0.25) is 0 Å². The summed E-state index contributed by atoms with van der Waals surface area (Å²) in [4.78, 5) is 0. The molecule has 0 bridgehead atoms. The molecule has 0 unspecified atom stereocenters. The van der Waals surface area contributed by atoms with Gasteiger partial charge in [-0.3, -0.25) is 0 Å². The van der Waals surface area contributed by atoms with Crippen molar-refractivity contribution in [2.45, 2.75) is 38.8 Å². The van der Waals surface area contributed by atoms with Crippen molar-refractivity contribution in [1.29, 1.82) is 0 Å². The third-order valence-electron chi connectivity index (χ3n) is 5.40. The fraction of sp³-hybridized carbons (Fsp3) is 0.391. The first-order valence-corrected chi connectivity index (χ1v) is 12.0. The first-order valence-electron chi connectivity index (χ1n) is 10.6. The first-order chi connectivity index (χ1) is 16.0. The molecule has 1 heterocycles. The van der Waals surface area contributed by atoms with Crippen molar-refractivity contribution in [2.75, 3.05) is 14.1 Å². The smallest absolute Gasteiger partial charge is 0.347 e. The Labute approximate surface area is 199 Å². The van der Waals surface area contributed by atoms with E-state index in [0.717, 1.165) is 20.2 Å². The zero-order chi connectivity index (χ0) is 26.3. The van der Waals surface area contributed by atoms with Crippen LogP contribution < -0.4 is 4.72 Å². The molecule has 0 aliphatic carbocycles. The number of nitrogens with zero attached hydrogens (tertiary/aromatic N) is 2. The molecule has 1 aromatic heterocycles. The van der Waals surface area contributed by atoms with Gasteiger partial charge in [-0.1, -0.05) is 44.2 Å². The number of nitrogens with one attached hydrogen (secondary N) is 1. The van der Waals surface area contributed by atoms with Crippen LogP contribution in [0.4, 0.5) is 26.3 Å². The molecular formula is C23H25F6N3O2S. The fourth-order valence-electron chi connectivity index (χ4n) is 3.81. The summed E-state index contributed by atoms with van der Waals surface area (Å²) in [6, 6.07) is 6.39. The quantitative estimate of drug-likeness (QED) is 0.389. The second-order valence-corrected chi connectivity index (χ2v) is 10.7. The number of fused-ring (bicyclic) bond motifs is 1. The van der Waals surface area contributed by atoms with Crippen molar-refractivity contribution < 1.29 is 34.8 Å². The molecule has 3 rings (SSSR count). The van der Waals surface area contributed by atoms with Gasteiger partial charge in [0.1, 0.15) is 6.04 Å². The second-order valence-electron chi connectivity index (χ2n) is 8.79. The van der Waals surface area contributed by atoms with Gasteiger partial charge in [0.15, 0.2) is 0 Å². The SMILES string of the molecule is CC(C)Cn1cc([C@H](NS(=O)(=O)N(C)C)C(F)(F)F)c2ccc(-c3ccccc3C(F)(F)F)cc21. The van der Waals surface area contributed by atoms with E-state index in [1.807, 2.05) is 13.8 Å². The average Bonchev–Trinajstić information content (AvgIpc) is 3.07. The Hall–Kier alpha value is -2.57. The molecule has 0 amide bonds. The first kappa shape index (κ1) is 27.0. The van der Waals surface area contributed by atoms with Crippen LogP contribution in [0, 0.1) is 5.92 Å². The Balaban J connectivity index is 2.26. The van der Waals surface area contributed by atoms with E-state index >= 15 is 0 Å². The maximum absolute atomic E-state index is 14.0. The minimum atomic E-state index is -4.97. The van der Waals surface area contributed by atoms with Crippen LogP contribution in [0.2, 0.25) is 0 Å². The van der Waals surface area contributed by atoms with Crippen molar-refractivity contribution in [3.63, 3.8) is 0 Å². The number of rotatable bonds is 7. The third-order valence-corrected chi connectivity index (χ3v) is 6.90. The summed E-state index contributed by atoms with van der Waals surface area (Å²) in [5.74, 6) is -0.00706. The Kier molecular flexibility index (Phi) is 7.31. The average molecular weight is 522 g/mol. The monoisotopic (exact) mass is 521 g/mol. The van der Waals surface area contributed by atoms with Gasteiger partial charge < -0.3 is 4.57 Å². The maximum Gasteiger partial charge on any atom is 0.417 e. The van der Waals surface area contributed by atoms with Crippen LogP contribution in [0.1, 0.15) is 31.0 Å². The molecular weight excluding hydrogens is 496 g/mol. The second kappa shape index (κ2) is 9.47. The molecule has 0 aliphatic rings. The van der Waals surface area contributed by atoms with Gasteiger partial charge in [-0.2, -0.15) is 43.8 Å². The molecule has 2 aromatic carbocycles. The predicted molar refractivity (Wildman–Crippen MR) is 122 cm³/mol. The van der Waals surface area contributed by atoms with E-state index in [-0.39, 0.29) is 40.1 Å². The van der Waals surface area contributed by atoms with Crippen LogP contribution in [0.15, 0.2) is 48.7 Å². The summed E-state index contributed by atoms with van der Waals surface area (Å²) in [6.07, 6.45) is -8.38. The van der Waals surface area contributed by atoms with E-state index in [4.69, 9.17) is 0 Å². The molecule has 0 saturated carbocycles. The molecule has 1 N–H and O–H groups in total. The zero-order valence-electron chi connectivity index (χ0n) is 19.4. The van der Waals surface area contributed by atoms with E-state index in [0.29, 0.717) is 4.31 Å². The summed E-state index contributed by atoms with van der Waals surface area (Å²) in [5.41, 5.74) is -0.872. The van der Waals surface area contributed by atoms with Gasteiger partial charge in [0.25, 0.3) is 10.2 Å². The van der Waals surface area contributed by atoms with E-state index in [9.17, 15) is 34.8 Å². The van der Waals surface area contributed by atoms with E-state index in [1.165, 1.54) is 47.2 Å². The normalized spacial score (nSPS) is 14.3. The van der Waals surface area contributed by atoms with Crippen LogP contribution in [0.5, 0.6) is 0 Å². The lowest BCUT2D eigenvalue weighted by atomic mass is 9.97. The highest BCUT2D eigenvalue weighted by atomic mass is 32.2. The fourth-order valence-corrected chi connectivity index (χ4v) is 4.57. The van der Waals surface area contributed by atoms with Gasteiger partial charge in [0.05, 0.1) is 5.56 Å². The highest BCUT2D eigenvalue weighted by Gasteiger charge is 2.45. The number of aromatic nitrogens is 1. The van der Waals surface area contributed by atoms with Crippen LogP contribution in [0.25, 0.3) is 22.0 Å². The molecule has 0 fully saturated rings. The Bertz CT molecular complexity index is 1310. The van der Waals surface area contributed by atoms with Crippen molar-refractivity contribution in [3.8, 4) is 11.1 Å². The minimum absolute atomic E-state index is 0.00706. The number of alkyl halides is 6. The number of halogens is 6. The lowest BCUT2D eigenvalue weighted by molar-refractivity contribution is -0.153. The largest absolute Gasteiger partial charge is 0.417 e. The van der Waals surface area contributed by atoms with E-state index in [2.05, 4.69) is 0 Å². The van der Waals surface area contributed by atoms with E-state index in [1.54, 1.807) is 4.72 Å². The standard InChI is InChI=1S/C23H25F6N3O2S/c1-14(2)12-32-13-18(21(23(27,28)29)30-35(33,34)31(3)4)17-10-9-15(11-20(17)32)16-7-5-6-8-19(16)22(24,25)26/h5-11,13-14,21,30H,12H2,1-4H3/t21-/m0/s1. The Morgan fingerprint density at radius 3 is 2.17 bits per heavy atom. The molecule has 1 atom stereocenters. The highest BCUT2D eigenvalue weighted by molar-refractivity contribution is 7.87. The predicted octanol–water partition coefficient (Wildman–Crippen LogP) is 5.98. The van der Waals surface area contributed by atoms with E-state index < -0.39 is 34.2 Å². The molecule has 0 radical (unpaired) electrons. The molecule has 0 spiro atoms. The molecule has 12 heteroatoms. The molecule has 192 valence electrons. The van der Waals surface area contributed by atoms with Gasteiger partial charge in [-0.25, -0.2) is 0 Å². The number of hydrogen-bond acceptors (Lipinski definition) is 2. The summed E-state index contributed by atoms with van der Waals surface area (Å²) in [5, 5.41) is 0.0858. The lowest BCUT2D eigenvalue weighted by Gasteiger charge is -2.23. The van der Waals surface area contributed by atoms with Crippen LogP contribution in [-0.2, 0) is 22.9 Å². The molecule has 5 nitrogen and oxygen atoms in total.